The van der Waals surface area contributed by atoms with E-state index < -0.39 is 17.5 Å². The maximum absolute atomic E-state index is 13.8. The predicted octanol–water partition coefficient (Wildman–Crippen LogP) is 6.46. The summed E-state index contributed by atoms with van der Waals surface area (Å²) in [4.78, 5) is 9.31. The molecule has 2 aromatic carbocycles. The minimum absolute atomic E-state index is 0.0889. The molecule has 31 heavy (non-hydrogen) atoms. The molecule has 6 heteroatoms. The number of pyridine rings is 2. The molecule has 0 unspecified atom stereocenters. The number of fused-ring (bicyclic) bond motifs is 1. The SMILES string of the molecule is Fc1cc(Nc2nc(-c3ccccn3)c3c(c2-c2ccccc2)CCC3)cc(F)c1F. The van der Waals surface area contributed by atoms with E-state index >= 15 is 0 Å². The molecule has 5 rings (SSSR count). The summed E-state index contributed by atoms with van der Waals surface area (Å²) < 4.78 is 41.1. The van der Waals surface area contributed by atoms with Crippen molar-refractivity contribution >= 4 is 11.5 Å². The van der Waals surface area contributed by atoms with Crippen molar-refractivity contribution < 1.29 is 13.2 Å². The van der Waals surface area contributed by atoms with E-state index in [2.05, 4.69) is 10.3 Å². The van der Waals surface area contributed by atoms with Crippen molar-refractivity contribution in [2.75, 3.05) is 5.32 Å². The van der Waals surface area contributed by atoms with Crippen LogP contribution < -0.4 is 5.32 Å². The van der Waals surface area contributed by atoms with Crippen LogP contribution in [0, 0.1) is 17.5 Å². The normalized spacial score (nSPS) is 12.6. The molecular formula is C25H18F3N3. The summed E-state index contributed by atoms with van der Waals surface area (Å²) in [6.45, 7) is 0. The van der Waals surface area contributed by atoms with Crippen molar-refractivity contribution in [3.63, 3.8) is 0 Å². The molecule has 0 bridgehead atoms. The second kappa shape index (κ2) is 7.87. The highest BCUT2D eigenvalue weighted by Crippen LogP contribution is 2.42. The van der Waals surface area contributed by atoms with Crippen molar-refractivity contribution in [3.8, 4) is 22.5 Å². The molecule has 0 saturated carbocycles. The summed E-state index contributed by atoms with van der Waals surface area (Å²) in [6.07, 6.45) is 4.44. The van der Waals surface area contributed by atoms with Gasteiger partial charge in [0.25, 0.3) is 0 Å². The van der Waals surface area contributed by atoms with E-state index in [1.807, 2.05) is 48.5 Å². The van der Waals surface area contributed by atoms with Gasteiger partial charge in [0.15, 0.2) is 17.5 Å². The number of hydrogen-bond donors (Lipinski definition) is 1. The molecule has 0 spiro atoms. The topological polar surface area (TPSA) is 37.8 Å². The largest absolute Gasteiger partial charge is 0.340 e. The van der Waals surface area contributed by atoms with Crippen LogP contribution in [0.15, 0.2) is 66.9 Å². The van der Waals surface area contributed by atoms with Crippen LogP contribution in [0.2, 0.25) is 0 Å². The number of hydrogen-bond acceptors (Lipinski definition) is 3. The number of benzene rings is 2. The Labute approximate surface area is 177 Å². The van der Waals surface area contributed by atoms with Crippen molar-refractivity contribution in [1.82, 2.24) is 9.97 Å². The van der Waals surface area contributed by atoms with Crippen molar-refractivity contribution in [2.45, 2.75) is 19.3 Å². The predicted molar refractivity (Wildman–Crippen MR) is 115 cm³/mol. The first kappa shape index (κ1) is 19.3. The molecule has 2 heterocycles. The van der Waals surface area contributed by atoms with Crippen LogP contribution in [-0.4, -0.2) is 9.97 Å². The first-order valence-corrected chi connectivity index (χ1v) is 10.1. The van der Waals surface area contributed by atoms with Gasteiger partial charge in [0.05, 0.1) is 11.4 Å². The summed E-state index contributed by atoms with van der Waals surface area (Å²) in [5.74, 6) is -3.55. The summed E-state index contributed by atoms with van der Waals surface area (Å²) in [5, 5.41) is 3.03. The van der Waals surface area contributed by atoms with Crippen LogP contribution in [0.3, 0.4) is 0 Å². The Kier molecular flexibility index (Phi) is 4.90. The Hall–Kier alpha value is -3.67. The van der Waals surface area contributed by atoms with Gasteiger partial charge in [-0.25, -0.2) is 18.2 Å². The highest BCUT2D eigenvalue weighted by Gasteiger charge is 2.26. The molecule has 1 aliphatic rings. The molecular weight excluding hydrogens is 399 g/mol. The van der Waals surface area contributed by atoms with Crippen LogP contribution in [-0.2, 0) is 12.8 Å². The molecule has 0 atom stereocenters. The first-order valence-electron chi connectivity index (χ1n) is 10.1. The zero-order valence-corrected chi connectivity index (χ0v) is 16.5. The van der Waals surface area contributed by atoms with Gasteiger partial charge < -0.3 is 5.32 Å². The van der Waals surface area contributed by atoms with Gasteiger partial charge in [-0.2, -0.15) is 0 Å². The fourth-order valence-corrected chi connectivity index (χ4v) is 4.14. The van der Waals surface area contributed by atoms with Gasteiger partial charge in [0, 0.05) is 29.6 Å². The Bertz CT molecular complexity index is 1240. The number of nitrogens with zero attached hydrogens (tertiary/aromatic N) is 2. The molecule has 1 N–H and O–H groups in total. The molecule has 154 valence electrons. The lowest BCUT2D eigenvalue weighted by molar-refractivity contribution is 0.448. The van der Waals surface area contributed by atoms with Gasteiger partial charge in [-0.15, -0.1) is 0 Å². The fraction of sp³-hybridized carbons (Fsp3) is 0.120. The molecule has 4 aromatic rings. The first-order chi connectivity index (χ1) is 15.1. The molecule has 0 fully saturated rings. The number of rotatable bonds is 4. The Balaban J connectivity index is 1.74. The molecule has 1 aliphatic carbocycles. The van der Waals surface area contributed by atoms with Gasteiger partial charge in [-0.3, -0.25) is 4.98 Å². The lowest BCUT2D eigenvalue weighted by Crippen LogP contribution is -2.05. The number of nitrogens with one attached hydrogen (secondary N) is 1. The van der Waals surface area contributed by atoms with E-state index in [4.69, 9.17) is 4.98 Å². The second-order valence-corrected chi connectivity index (χ2v) is 7.45. The average Bonchev–Trinajstić information content (AvgIpc) is 3.27. The van der Waals surface area contributed by atoms with E-state index in [0.29, 0.717) is 5.82 Å². The monoisotopic (exact) mass is 417 g/mol. The van der Waals surface area contributed by atoms with Crippen molar-refractivity contribution in [1.29, 1.82) is 0 Å². The number of anilines is 2. The molecule has 0 amide bonds. The Morgan fingerprint density at radius 2 is 1.52 bits per heavy atom. The van der Waals surface area contributed by atoms with Gasteiger partial charge in [-0.05, 0) is 48.1 Å². The third-order valence-electron chi connectivity index (χ3n) is 5.48. The van der Waals surface area contributed by atoms with Gasteiger partial charge in [0.2, 0.25) is 0 Å². The summed E-state index contributed by atoms with van der Waals surface area (Å²) in [5.41, 5.74) is 5.69. The standard InChI is InChI=1S/C25H18F3N3/c26-19-13-16(14-20(27)23(19)28)30-25-22(15-7-2-1-3-8-15)17-9-6-10-18(17)24(31-25)21-11-4-5-12-29-21/h1-5,7-8,11-14H,6,9-10H2,(H,30,31). The van der Waals surface area contributed by atoms with E-state index in [1.165, 1.54) is 0 Å². The minimum Gasteiger partial charge on any atom is -0.340 e. The van der Waals surface area contributed by atoms with Crippen LogP contribution in [0.5, 0.6) is 0 Å². The molecule has 3 nitrogen and oxygen atoms in total. The lowest BCUT2D eigenvalue weighted by Gasteiger charge is -2.19. The maximum Gasteiger partial charge on any atom is 0.194 e. The second-order valence-electron chi connectivity index (χ2n) is 7.45. The molecule has 0 aliphatic heterocycles. The van der Waals surface area contributed by atoms with Crippen LogP contribution in [0.1, 0.15) is 17.5 Å². The highest BCUT2D eigenvalue weighted by atomic mass is 19.2. The Morgan fingerprint density at radius 3 is 2.23 bits per heavy atom. The van der Waals surface area contributed by atoms with Gasteiger partial charge in [-0.1, -0.05) is 36.4 Å². The zero-order valence-electron chi connectivity index (χ0n) is 16.5. The van der Waals surface area contributed by atoms with Crippen molar-refractivity contribution in [2.24, 2.45) is 0 Å². The van der Waals surface area contributed by atoms with Gasteiger partial charge in [0.1, 0.15) is 5.82 Å². The molecule has 0 saturated heterocycles. The fourth-order valence-electron chi connectivity index (χ4n) is 4.14. The zero-order chi connectivity index (χ0) is 21.4. The summed E-state index contributed by atoms with van der Waals surface area (Å²) >= 11 is 0. The van der Waals surface area contributed by atoms with Crippen LogP contribution in [0.4, 0.5) is 24.7 Å². The van der Waals surface area contributed by atoms with Crippen LogP contribution >= 0.6 is 0 Å². The average molecular weight is 417 g/mol. The van der Waals surface area contributed by atoms with Gasteiger partial charge >= 0.3 is 0 Å². The van der Waals surface area contributed by atoms with E-state index in [9.17, 15) is 13.2 Å². The van der Waals surface area contributed by atoms with E-state index in [-0.39, 0.29) is 5.69 Å². The van der Waals surface area contributed by atoms with Crippen LogP contribution in [0.25, 0.3) is 22.5 Å². The molecule has 2 aromatic heterocycles. The smallest absolute Gasteiger partial charge is 0.194 e. The maximum atomic E-state index is 13.8. The summed E-state index contributed by atoms with van der Waals surface area (Å²) in [7, 11) is 0. The molecule has 0 radical (unpaired) electrons. The highest BCUT2D eigenvalue weighted by molar-refractivity contribution is 5.85. The summed E-state index contributed by atoms with van der Waals surface area (Å²) in [6, 6.07) is 17.3. The lowest BCUT2D eigenvalue weighted by atomic mass is 9.95. The van der Waals surface area contributed by atoms with E-state index in [1.54, 1.807) is 6.20 Å². The third kappa shape index (κ3) is 3.54. The van der Waals surface area contributed by atoms with Crippen molar-refractivity contribution in [3.05, 3.63) is 95.4 Å². The minimum atomic E-state index is -1.50. The quantitative estimate of drug-likeness (QED) is 0.387. The van der Waals surface area contributed by atoms with E-state index in [0.717, 1.165) is 65.0 Å². The third-order valence-corrected chi connectivity index (χ3v) is 5.48. The number of aromatic nitrogens is 2. The Morgan fingerprint density at radius 1 is 0.806 bits per heavy atom. The number of halogens is 3.